The number of pyridine rings is 2. The summed E-state index contributed by atoms with van der Waals surface area (Å²) in [5.74, 6) is -0.104. The van der Waals surface area contributed by atoms with Gasteiger partial charge in [0.15, 0.2) is 17.5 Å². The van der Waals surface area contributed by atoms with Crippen LogP contribution in [-0.2, 0) is 4.79 Å². The molecule has 0 spiro atoms. The van der Waals surface area contributed by atoms with Gasteiger partial charge in [-0.1, -0.05) is 23.7 Å². The molecule has 10 nitrogen and oxygen atoms in total. The number of nitrogens with two attached hydrogens (primary N) is 1. The molecule has 1 atom stereocenters. The number of carbonyl (C=O) groups excluding carboxylic acids is 1. The van der Waals surface area contributed by atoms with Crippen LogP contribution in [0.1, 0.15) is 6.42 Å². The Labute approximate surface area is 205 Å². The summed E-state index contributed by atoms with van der Waals surface area (Å²) in [6.07, 6.45) is 3.40. The maximum atomic E-state index is 12.7. The first kappa shape index (κ1) is 22.9. The molecule has 1 aliphatic rings. The predicted octanol–water partition coefficient (Wildman–Crippen LogP) is 2.08. The van der Waals surface area contributed by atoms with E-state index < -0.39 is 6.10 Å². The van der Waals surface area contributed by atoms with Gasteiger partial charge < -0.3 is 16.2 Å². The number of aliphatic hydroxyl groups excluding tert-OH is 1. The molecule has 1 aromatic carbocycles. The van der Waals surface area contributed by atoms with E-state index in [1.807, 2.05) is 17.0 Å². The summed E-state index contributed by atoms with van der Waals surface area (Å²) in [6, 6.07) is 11.9. The van der Waals surface area contributed by atoms with Crippen molar-refractivity contribution in [3.8, 4) is 17.1 Å². The Bertz CT molecular complexity index is 1490. The van der Waals surface area contributed by atoms with E-state index in [4.69, 9.17) is 17.3 Å². The van der Waals surface area contributed by atoms with Crippen molar-refractivity contribution in [1.82, 2.24) is 24.4 Å². The second-order valence-corrected chi connectivity index (χ2v) is 8.70. The highest BCUT2D eigenvalue weighted by Crippen LogP contribution is 2.33. The van der Waals surface area contributed by atoms with E-state index in [-0.39, 0.29) is 35.5 Å². The summed E-state index contributed by atoms with van der Waals surface area (Å²) in [7, 11) is 0. The molecule has 3 aromatic heterocycles. The van der Waals surface area contributed by atoms with Crippen molar-refractivity contribution in [2.45, 2.75) is 12.5 Å². The van der Waals surface area contributed by atoms with Gasteiger partial charge in [-0.15, -0.1) is 0 Å². The molecule has 5 rings (SSSR count). The van der Waals surface area contributed by atoms with Crippen LogP contribution in [0.4, 0.5) is 11.6 Å². The van der Waals surface area contributed by atoms with E-state index in [9.17, 15) is 14.7 Å². The molecule has 1 aliphatic heterocycles. The topological polar surface area (TPSA) is 139 Å². The summed E-state index contributed by atoms with van der Waals surface area (Å²) in [5, 5.41) is 13.6. The molecular weight excluding hydrogens is 470 g/mol. The third-order valence-corrected chi connectivity index (χ3v) is 6.05. The number of hydrogen-bond acceptors (Lipinski definition) is 8. The number of β-amino-alcohol motifs (C(OH)–C–C–N with tert-alkyl or cyclic N) is 1. The van der Waals surface area contributed by atoms with Crippen LogP contribution in [-0.4, -0.2) is 61.2 Å². The fraction of sp³-hybridized carbons (Fsp3) is 0.208. The van der Waals surface area contributed by atoms with Gasteiger partial charge in [0.25, 0.3) is 5.56 Å². The van der Waals surface area contributed by atoms with E-state index >= 15 is 0 Å². The van der Waals surface area contributed by atoms with Crippen molar-refractivity contribution in [3.05, 3.63) is 70.2 Å². The van der Waals surface area contributed by atoms with Gasteiger partial charge in [0.2, 0.25) is 5.91 Å². The third-order valence-electron chi connectivity index (χ3n) is 5.76. The Balaban J connectivity index is 1.60. The SMILES string of the molecule is Nc1nc(-n2ccccc2=O)c(-c2cc(Cl)c3ncccc3c2)nc1NC(=O)CN1CCC(O)C1. The number of anilines is 2. The van der Waals surface area contributed by atoms with Crippen LogP contribution < -0.4 is 16.6 Å². The number of rotatable bonds is 5. The normalized spacial score (nSPS) is 16.0. The number of likely N-dealkylation sites (tertiary alicyclic amines) is 1. The van der Waals surface area contributed by atoms with Crippen molar-refractivity contribution in [2.75, 3.05) is 30.7 Å². The molecule has 0 aliphatic carbocycles. The Kier molecular flexibility index (Phi) is 6.16. The number of hydrogen-bond donors (Lipinski definition) is 3. The maximum Gasteiger partial charge on any atom is 0.256 e. The number of halogens is 1. The molecule has 4 heterocycles. The molecule has 4 N–H and O–H groups in total. The zero-order chi connectivity index (χ0) is 24.5. The van der Waals surface area contributed by atoms with Gasteiger partial charge in [0, 0.05) is 42.5 Å². The van der Waals surface area contributed by atoms with Gasteiger partial charge >= 0.3 is 0 Å². The standard InChI is InChI=1S/C24H22ClN7O3/c25-17-11-15(10-14-4-3-7-27-20(14)17)21-24(32-8-2-1-5-19(32)35)30-22(26)23(29-21)28-18(34)13-31-9-6-16(33)12-31/h1-5,7-8,10-11,16,33H,6,9,12-13H2,(H2,26,30)(H,28,29,34). The van der Waals surface area contributed by atoms with Crippen molar-refractivity contribution in [1.29, 1.82) is 0 Å². The van der Waals surface area contributed by atoms with Gasteiger partial charge in [0.05, 0.1) is 23.2 Å². The molecule has 1 unspecified atom stereocenters. The minimum Gasteiger partial charge on any atom is -0.392 e. The number of carbonyl (C=O) groups is 1. The summed E-state index contributed by atoms with van der Waals surface area (Å²) < 4.78 is 1.33. The highest BCUT2D eigenvalue weighted by molar-refractivity contribution is 6.35. The molecule has 178 valence electrons. The van der Waals surface area contributed by atoms with Crippen LogP contribution in [0.3, 0.4) is 0 Å². The Morgan fingerprint density at radius 3 is 2.86 bits per heavy atom. The lowest BCUT2D eigenvalue weighted by Crippen LogP contribution is -2.32. The largest absolute Gasteiger partial charge is 0.392 e. The first-order valence-electron chi connectivity index (χ1n) is 11.0. The highest BCUT2D eigenvalue weighted by atomic mass is 35.5. The van der Waals surface area contributed by atoms with Crippen LogP contribution in [0.2, 0.25) is 5.02 Å². The second-order valence-electron chi connectivity index (χ2n) is 8.30. The summed E-state index contributed by atoms with van der Waals surface area (Å²) >= 11 is 6.50. The number of aromatic nitrogens is 4. The van der Waals surface area contributed by atoms with Crippen LogP contribution in [0.15, 0.2) is 59.7 Å². The smallest absolute Gasteiger partial charge is 0.256 e. The highest BCUT2D eigenvalue weighted by Gasteiger charge is 2.23. The van der Waals surface area contributed by atoms with Crippen LogP contribution in [0.5, 0.6) is 0 Å². The summed E-state index contributed by atoms with van der Waals surface area (Å²) in [5.41, 5.74) is 7.36. The molecule has 35 heavy (non-hydrogen) atoms. The van der Waals surface area contributed by atoms with E-state index in [2.05, 4.69) is 20.3 Å². The summed E-state index contributed by atoms with van der Waals surface area (Å²) in [6.45, 7) is 1.14. The number of benzene rings is 1. The molecule has 1 amide bonds. The third kappa shape index (κ3) is 4.72. The maximum absolute atomic E-state index is 12.7. The summed E-state index contributed by atoms with van der Waals surface area (Å²) in [4.78, 5) is 40.5. The first-order chi connectivity index (χ1) is 16.9. The van der Waals surface area contributed by atoms with E-state index in [1.54, 1.807) is 36.7 Å². The van der Waals surface area contributed by atoms with Gasteiger partial charge in [-0.25, -0.2) is 9.97 Å². The zero-order valence-corrected chi connectivity index (χ0v) is 19.3. The molecule has 0 radical (unpaired) electrons. The molecule has 1 saturated heterocycles. The molecule has 11 heteroatoms. The van der Waals surface area contributed by atoms with E-state index in [0.29, 0.717) is 41.3 Å². The second kappa shape index (κ2) is 9.41. The fourth-order valence-electron chi connectivity index (χ4n) is 4.11. The Morgan fingerprint density at radius 2 is 2.09 bits per heavy atom. The minimum absolute atomic E-state index is 0.0390. The number of nitrogens with zero attached hydrogens (tertiary/aromatic N) is 5. The van der Waals surface area contributed by atoms with Crippen LogP contribution in [0.25, 0.3) is 28.0 Å². The monoisotopic (exact) mass is 491 g/mol. The molecular formula is C24H22ClN7O3. The molecule has 4 aromatic rings. The lowest BCUT2D eigenvalue weighted by Gasteiger charge is -2.17. The quantitative estimate of drug-likeness (QED) is 0.385. The number of aliphatic hydroxyl groups is 1. The number of nitrogens with one attached hydrogen (secondary N) is 1. The Hall–Kier alpha value is -3.86. The molecule has 0 bridgehead atoms. The van der Waals surface area contributed by atoms with Gasteiger partial charge in [0.1, 0.15) is 5.69 Å². The van der Waals surface area contributed by atoms with Gasteiger partial charge in [-0.3, -0.25) is 24.0 Å². The Morgan fingerprint density at radius 1 is 1.23 bits per heavy atom. The first-order valence-corrected chi connectivity index (χ1v) is 11.4. The lowest BCUT2D eigenvalue weighted by atomic mass is 10.1. The van der Waals surface area contributed by atoms with Crippen molar-refractivity contribution < 1.29 is 9.90 Å². The van der Waals surface area contributed by atoms with Gasteiger partial charge in [-0.05, 0) is 30.7 Å². The molecule has 1 fully saturated rings. The zero-order valence-electron chi connectivity index (χ0n) is 18.6. The molecule has 0 saturated carbocycles. The lowest BCUT2D eigenvalue weighted by molar-refractivity contribution is -0.117. The minimum atomic E-state index is -0.435. The predicted molar refractivity (Wildman–Crippen MR) is 133 cm³/mol. The van der Waals surface area contributed by atoms with Crippen molar-refractivity contribution >= 4 is 40.0 Å². The van der Waals surface area contributed by atoms with Gasteiger partial charge in [-0.2, -0.15) is 0 Å². The van der Waals surface area contributed by atoms with E-state index in [1.165, 1.54) is 10.6 Å². The van der Waals surface area contributed by atoms with Crippen molar-refractivity contribution in [2.24, 2.45) is 0 Å². The average Bonchev–Trinajstić information content (AvgIpc) is 3.24. The van der Waals surface area contributed by atoms with E-state index in [0.717, 1.165) is 5.39 Å². The van der Waals surface area contributed by atoms with Crippen LogP contribution >= 0.6 is 11.6 Å². The average molecular weight is 492 g/mol. The van der Waals surface area contributed by atoms with Crippen molar-refractivity contribution in [3.63, 3.8) is 0 Å². The number of fused-ring (bicyclic) bond motifs is 1. The number of amides is 1. The number of nitrogen functional groups attached to an aromatic ring is 1. The fourth-order valence-corrected chi connectivity index (χ4v) is 4.39. The van der Waals surface area contributed by atoms with Crippen LogP contribution in [0, 0.1) is 0 Å².